The zero-order valence-corrected chi connectivity index (χ0v) is 15.6. The summed E-state index contributed by atoms with van der Waals surface area (Å²) in [7, 11) is 0. The van der Waals surface area contributed by atoms with Crippen molar-refractivity contribution in [3.63, 3.8) is 0 Å². The highest BCUT2D eigenvalue weighted by atomic mass is 16.7. The maximum atomic E-state index is 12.9. The molecule has 0 amide bonds. The first kappa shape index (κ1) is 17.3. The van der Waals surface area contributed by atoms with Crippen LogP contribution in [0.3, 0.4) is 0 Å². The Morgan fingerprint density at radius 2 is 1.86 bits per heavy atom. The van der Waals surface area contributed by atoms with Gasteiger partial charge in [0.15, 0.2) is 11.7 Å². The molecular formula is C19H22O9. The third kappa shape index (κ3) is 1.51. The van der Waals surface area contributed by atoms with E-state index in [2.05, 4.69) is 0 Å². The minimum absolute atomic E-state index is 0.406. The van der Waals surface area contributed by atoms with E-state index in [1.54, 1.807) is 6.92 Å². The summed E-state index contributed by atoms with van der Waals surface area (Å²) in [5, 5.41) is 31.3. The van der Waals surface area contributed by atoms with Crippen LogP contribution in [0.15, 0.2) is 11.6 Å². The molecule has 9 nitrogen and oxygen atoms in total. The standard InChI is InChI=1S/C19H22O9/c1-16(24,5-20)14-19-6(4-7(21)25-14)17(2)10-8(13(19)28-19)27-15(23)18(10,3)11(22)9-12(17)26-9/h4,8-14,20,22,24H,5H2,1-3H3/t8-,9-,10+,11-,12-,13?,14?,16+,17+,18+,19-/m0/s1. The summed E-state index contributed by atoms with van der Waals surface area (Å²) in [5.74, 6) is -1.62. The molecule has 0 aromatic rings. The molecule has 6 rings (SSSR count). The van der Waals surface area contributed by atoms with Gasteiger partial charge in [-0.15, -0.1) is 0 Å². The van der Waals surface area contributed by atoms with Gasteiger partial charge in [-0.1, -0.05) is 6.92 Å². The summed E-state index contributed by atoms with van der Waals surface area (Å²) < 4.78 is 23.0. The lowest BCUT2D eigenvalue weighted by atomic mass is 9.46. The molecule has 4 heterocycles. The zero-order valence-electron chi connectivity index (χ0n) is 15.6. The first-order valence-corrected chi connectivity index (χ1v) is 9.53. The molecule has 0 bridgehead atoms. The second-order valence-electron chi connectivity index (χ2n) is 9.60. The van der Waals surface area contributed by atoms with Gasteiger partial charge >= 0.3 is 11.9 Å². The van der Waals surface area contributed by atoms with Gasteiger partial charge < -0.3 is 34.3 Å². The number of aliphatic hydroxyl groups is 3. The highest BCUT2D eigenvalue weighted by Gasteiger charge is 2.89. The number of cyclic esters (lactones) is 1. The molecule has 3 saturated heterocycles. The molecule has 3 N–H and O–H groups in total. The number of hydrogen-bond donors (Lipinski definition) is 3. The molecular weight excluding hydrogens is 372 g/mol. The van der Waals surface area contributed by atoms with Crippen LogP contribution < -0.4 is 0 Å². The SMILES string of the molecule is C[C@@]12C(=O)O[C@@H]3C4O[C@@]45C(=CC(=O)OC5[C@](C)(O)CO)[C@](C)([C@@H]31)[C@H]1O[C@H]1[C@@H]2O. The molecule has 28 heavy (non-hydrogen) atoms. The van der Waals surface area contributed by atoms with E-state index in [1.165, 1.54) is 13.0 Å². The van der Waals surface area contributed by atoms with Gasteiger partial charge in [0.1, 0.15) is 29.3 Å². The smallest absolute Gasteiger partial charge is 0.331 e. The second kappa shape index (κ2) is 4.46. The van der Waals surface area contributed by atoms with Gasteiger partial charge in [-0.05, 0) is 19.4 Å². The van der Waals surface area contributed by atoms with Crippen molar-refractivity contribution in [3.05, 3.63) is 11.6 Å². The molecule has 9 heteroatoms. The Morgan fingerprint density at radius 1 is 1.14 bits per heavy atom. The molecule has 2 saturated carbocycles. The van der Waals surface area contributed by atoms with Crippen molar-refractivity contribution in [2.45, 2.75) is 68.6 Å². The molecule has 1 spiro atoms. The monoisotopic (exact) mass is 394 g/mol. The first-order valence-electron chi connectivity index (χ1n) is 9.53. The third-order valence-corrected chi connectivity index (χ3v) is 8.10. The fourth-order valence-corrected chi connectivity index (χ4v) is 6.75. The summed E-state index contributed by atoms with van der Waals surface area (Å²) >= 11 is 0. The number of hydrogen-bond acceptors (Lipinski definition) is 9. The Balaban J connectivity index is 1.58. The van der Waals surface area contributed by atoms with E-state index in [0.717, 1.165) is 0 Å². The van der Waals surface area contributed by atoms with Gasteiger partial charge in [0.2, 0.25) is 0 Å². The molecule has 6 aliphatic rings. The third-order valence-electron chi connectivity index (χ3n) is 8.10. The normalized spacial score (nSPS) is 59.5. The van der Waals surface area contributed by atoms with Crippen LogP contribution in [0.25, 0.3) is 0 Å². The van der Waals surface area contributed by atoms with Gasteiger partial charge in [0.05, 0.1) is 18.8 Å². The summed E-state index contributed by atoms with van der Waals surface area (Å²) in [6.07, 6.45) is -3.06. The first-order chi connectivity index (χ1) is 13.0. The Bertz CT molecular complexity index is 865. The lowest BCUT2D eigenvalue weighted by molar-refractivity contribution is -0.178. The predicted octanol–water partition coefficient (Wildman–Crippen LogP) is -1.57. The van der Waals surface area contributed by atoms with Crippen LogP contribution in [0, 0.1) is 16.7 Å². The quantitative estimate of drug-likeness (QED) is 0.374. The number of carbonyl (C=O) groups is 2. The van der Waals surface area contributed by atoms with E-state index in [1.807, 2.05) is 6.92 Å². The van der Waals surface area contributed by atoms with Crippen LogP contribution in [0.2, 0.25) is 0 Å². The van der Waals surface area contributed by atoms with Gasteiger partial charge in [-0.2, -0.15) is 0 Å². The fourth-order valence-electron chi connectivity index (χ4n) is 6.75. The fraction of sp³-hybridized carbons (Fsp3) is 0.789. The number of aliphatic hydroxyl groups excluding tert-OH is 2. The van der Waals surface area contributed by atoms with E-state index < -0.39 is 83.1 Å². The molecule has 11 atom stereocenters. The Kier molecular flexibility index (Phi) is 2.77. The van der Waals surface area contributed by atoms with Gasteiger partial charge in [0, 0.05) is 17.4 Å². The number of carbonyl (C=O) groups excluding carboxylic acids is 2. The molecule has 0 radical (unpaired) electrons. The van der Waals surface area contributed by atoms with Crippen LogP contribution in [-0.2, 0) is 28.5 Å². The van der Waals surface area contributed by atoms with Crippen molar-refractivity contribution in [1.29, 1.82) is 0 Å². The maximum absolute atomic E-state index is 12.9. The molecule has 2 unspecified atom stereocenters. The zero-order chi connectivity index (χ0) is 20.0. The van der Waals surface area contributed by atoms with Gasteiger partial charge in [-0.25, -0.2) is 4.79 Å². The van der Waals surface area contributed by atoms with Gasteiger partial charge in [0.25, 0.3) is 0 Å². The van der Waals surface area contributed by atoms with E-state index in [4.69, 9.17) is 18.9 Å². The number of epoxide rings is 2. The lowest BCUT2D eigenvalue weighted by Gasteiger charge is -2.54. The highest BCUT2D eigenvalue weighted by Crippen LogP contribution is 2.75. The van der Waals surface area contributed by atoms with E-state index in [0.29, 0.717) is 5.57 Å². The highest BCUT2D eigenvalue weighted by molar-refractivity contribution is 5.88. The number of esters is 2. The molecule has 152 valence electrons. The number of fused-ring (bicyclic) bond motifs is 4. The van der Waals surface area contributed by atoms with Crippen LogP contribution in [0.5, 0.6) is 0 Å². The molecule has 4 aliphatic heterocycles. The molecule has 0 aromatic heterocycles. The summed E-state index contributed by atoms with van der Waals surface area (Å²) in [6, 6.07) is 0. The maximum Gasteiger partial charge on any atom is 0.331 e. The number of ether oxygens (including phenoxy) is 4. The summed E-state index contributed by atoms with van der Waals surface area (Å²) in [5.41, 5.74) is -4.37. The Morgan fingerprint density at radius 3 is 2.54 bits per heavy atom. The average Bonchev–Trinajstić information content (AvgIpc) is 3.53. The number of rotatable bonds is 2. The van der Waals surface area contributed by atoms with E-state index >= 15 is 0 Å². The topological polar surface area (TPSA) is 138 Å². The Hall–Kier alpha value is -1.52. The minimum atomic E-state index is -1.75. The largest absolute Gasteiger partial charge is 0.459 e. The molecule has 2 aliphatic carbocycles. The minimum Gasteiger partial charge on any atom is -0.459 e. The van der Waals surface area contributed by atoms with Crippen molar-refractivity contribution in [3.8, 4) is 0 Å². The lowest BCUT2D eigenvalue weighted by Crippen LogP contribution is -2.68. The van der Waals surface area contributed by atoms with Crippen molar-refractivity contribution in [1.82, 2.24) is 0 Å². The van der Waals surface area contributed by atoms with Crippen molar-refractivity contribution >= 4 is 11.9 Å². The summed E-state index contributed by atoms with van der Waals surface area (Å²) in [6.45, 7) is 4.32. The van der Waals surface area contributed by atoms with Crippen LogP contribution in [0.4, 0.5) is 0 Å². The van der Waals surface area contributed by atoms with Crippen LogP contribution >= 0.6 is 0 Å². The van der Waals surface area contributed by atoms with Crippen molar-refractivity contribution in [2.75, 3.05) is 6.61 Å². The predicted molar refractivity (Wildman–Crippen MR) is 87.5 cm³/mol. The molecule has 0 aromatic carbocycles. The van der Waals surface area contributed by atoms with Crippen molar-refractivity contribution < 1.29 is 43.9 Å². The molecule has 5 fully saturated rings. The van der Waals surface area contributed by atoms with E-state index in [9.17, 15) is 24.9 Å². The van der Waals surface area contributed by atoms with Crippen LogP contribution in [0.1, 0.15) is 20.8 Å². The van der Waals surface area contributed by atoms with Gasteiger partial charge in [-0.3, -0.25) is 4.79 Å². The summed E-state index contributed by atoms with van der Waals surface area (Å²) in [4.78, 5) is 25.3. The second-order valence-corrected chi connectivity index (χ2v) is 9.60. The van der Waals surface area contributed by atoms with E-state index in [-0.39, 0.29) is 0 Å². The van der Waals surface area contributed by atoms with Crippen LogP contribution in [-0.4, -0.2) is 81.7 Å². The Labute approximate surface area is 160 Å². The average molecular weight is 394 g/mol. The van der Waals surface area contributed by atoms with Crippen molar-refractivity contribution in [2.24, 2.45) is 16.7 Å².